The van der Waals surface area contributed by atoms with Gasteiger partial charge in [-0.05, 0) is 17.5 Å². The van der Waals surface area contributed by atoms with Crippen LogP contribution in [0.3, 0.4) is 0 Å². The third-order valence-corrected chi connectivity index (χ3v) is 3.59. The van der Waals surface area contributed by atoms with Crippen molar-refractivity contribution in [3.05, 3.63) is 84.4 Å². The first kappa shape index (κ1) is 16.5. The first-order valence-electron chi connectivity index (χ1n) is 7.44. The van der Waals surface area contributed by atoms with Crippen LogP contribution in [0.5, 0.6) is 0 Å². The smallest absolute Gasteiger partial charge is 0.240 e. The minimum absolute atomic E-state index is 0.256. The van der Waals surface area contributed by atoms with E-state index in [4.69, 9.17) is 5.73 Å². The van der Waals surface area contributed by atoms with Gasteiger partial charge in [0.15, 0.2) is 0 Å². The van der Waals surface area contributed by atoms with Crippen molar-refractivity contribution in [1.29, 1.82) is 0 Å². The van der Waals surface area contributed by atoms with Crippen LogP contribution < -0.4 is 11.1 Å². The largest absolute Gasteiger partial charge is 0.368 e. The summed E-state index contributed by atoms with van der Waals surface area (Å²) in [5.74, 6) is -1.32. The lowest BCUT2D eigenvalue weighted by Crippen LogP contribution is -2.46. The van der Waals surface area contributed by atoms with Gasteiger partial charge in [0.1, 0.15) is 6.04 Å². The van der Waals surface area contributed by atoms with E-state index in [-0.39, 0.29) is 5.91 Å². The highest BCUT2D eigenvalue weighted by Crippen LogP contribution is 2.25. The summed E-state index contributed by atoms with van der Waals surface area (Å²) in [5, 5.41) is 2.73. The summed E-state index contributed by atoms with van der Waals surface area (Å²) in [5.41, 5.74) is 7.07. The summed E-state index contributed by atoms with van der Waals surface area (Å²) in [7, 11) is 0. The van der Waals surface area contributed by atoms with E-state index in [1.807, 2.05) is 60.7 Å². The molecule has 0 aliphatic heterocycles. The van der Waals surface area contributed by atoms with Crippen molar-refractivity contribution in [2.45, 2.75) is 18.4 Å². The van der Waals surface area contributed by atoms with Crippen LogP contribution in [0.25, 0.3) is 0 Å². The molecule has 23 heavy (non-hydrogen) atoms. The minimum Gasteiger partial charge on any atom is -0.368 e. The van der Waals surface area contributed by atoms with Gasteiger partial charge < -0.3 is 11.1 Å². The first-order valence-corrected chi connectivity index (χ1v) is 7.44. The van der Waals surface area contributed by atoms with E-state index < -0.39 is 17.9 Å². The Morgan fingerprint density at radius 3 is 1.87 bits per heavy atom. The highest BCUT2D eigenvalue weighted by molar-refractivity contribution is 5.92. The Bertz CT molecular complexity index is 629. The molecule has 0 bridgehead atoms. The van der Waals surface area contributed by atoms with Gasteiger partial charge in [0.2, 0.25) is 11.8 Å². The average Bonchev–Trinajstić information content (AvgIpc) is 2.56. The second-order valence-corrected chi connectivity index (χ2v) is 5.24. The molecule has 0 radical (unpaired) electrons. The van der Waals surface area contributed by atoms with Gasteiger partial charge in [0, 0.05) is 0 Å². The summed E-state index contributed by atoms with van der Waals surface area (Å²) in [6, 6.07) is 18.1. The molecule has 4 heteroatoms. The highest BCUT2D eigenvalue weighted by Gasteiger charge is 2.26. The second kappa shape index (κ2) is 7.94. The molecule has 2 aromatic carbocycles. The third-order valence-electron chi connectivity index (χ3n) is 3.59. The maximum absolute atomic E-state index is 12.8. The minimum atomic E-state index is -0.755. The molecule has 1 atom stereocenters. The van der Waals surface area contributed by atoms with Crippen molar-refractivity contribution in [2.24, 2.45) is 5.73 Å². The zero-order chi connectivity index (χ0) is 16.7. The number of carbonyl (C=O) groups excluding carboxylic acids is 2. The van der Waals surface area contributed by atoms with Gasteiger partial charge in [-0.25, -0.2) is 0 Å². The molecule has 3 N–H and O–H groups in total. The number of nitrogens with one attached hydrogen (secondary N) is 1. The lowest BCUT2D eigenvalue weighted by atomic mass is 9.90. The van der Waals surface area contributed by atoms with Gasteiger partial charge in [-0.2, -0.15) is 0 Å². The predicted molar refractivity (Wildman–Crippen MR) is 90.7 cm³/mol. The Kier molecular flexibility index (Phi) is 5.69. The molecule has 0 heterocycles. The van der Waals surface area contributed by atoms with Crippen LogP contribution in [0.4, 0.5) is 0 Å². The molecule has 0 fully saturated rings. The van der Waals surface area contributed by atoms with Crippen molar-refractivity contribution in [3.8, 4) is 0 Å². The zero-order valence-corrected chi connectivity index (χ0v) is 12.8. The first-order chi connectivity index (χ1) is 11.1. The molecule has 0 saturated carbocycles. The van der Waals surface area contributed by atoms with E-state index in [1.54, 1.807) is 6.08 Å². The average molecular weight is 308 g/mol. The molecule has 2 aromatic rings. The van der Waals surface area contributed by atoms with E-state index in [9.17, 15) is 9.59 Å². The van der Waals surface area contributed by atoms with E-state index >= 15 is 0 Å². The lowest BCUT2D eigenvalue weighted by molar-refractivity contribution is -0.127. The highest BCUT2D eigenvalue weighted by atomic mass is 16.2. The molecule has 4 nitrogen and oxygen atoms in total. The lowest BCUT2D eigenvalue weighted by Gasteiger charge is -2.21. The molecule has 0 aromatic heterocycles. The van der Waals surface area contributed by atoms with Crippen LogP contribution >= 0.6 is 0 Å². The number of rotatable bonds is 7. The third kappa shape index (κ3) is 4.30. The van der Waals surface area contributed by atoms with Crippen LogP contribution in [-0.2, 0) is 9.59 Å². The summed E-state index contributed by atoms with van der Waals surface area (Å²) in [6.45, 7) is 3.59. The maximum atomic E-state index is 12.8. The number of hydrogen-bond donors (Lipinski definition) is 2. The Morgan fingerprint density at radius 2 is 1.48 bits per heavy atom. The SMILES string of the molecule is C=CC[C@H](NC(=O)C(c1ccccc1)c1ccccc1)C(N)=O. The van der Waals surface area contributed by atoms with Crippen molar-refractivity contribution in [1.82, 2.24) is 5.32 Å². The van der Waals surface area contributed by atoms with Crippen LogP contribution in [-0.4, -0.2) is 17.9 Å². The van der Waals surface area contributed by atoms with Crippen molar-refractivity contribution in [2.75, 3.05) is 0 Å². The predicted octanol–water partition coefficient (Wildman–Crippen LogP) is 2.36. The van der Waals surface area contributed by atoms with Gasteiger partial charge in [0.05, 0.1) is 5.92 Å². The van der Waals surface area contributed by atoms with E-state index in [0.717, 1.165) is 11.1 Å². The summed E-state index contributed by atoms with van der Waals surface area (Å²) < 4.78 is 0. The topological polar surface area (TPSA) is 72.2 Å². The van der Waals surface area contributed by atoms with Crippen molar-refractivity contribution < 1.29 is 9.59 Å². The van der Waals surface area contributed by atoms with Gasteiger partial charge in [-0.15, -0.1) is 6.58 Å². The zero-order valence-electron chi connectivity index (χ0n) is 12.8. The fraction of sp³-hybridized carbons (Fsp3) is 0.158. The monoisotopic (exact) mass is 308 g/mol. The summed E-state index contributed by atoms with van der Waals surface area (Å²) in [4.78, 5) is 24.3. The Labute approximate surface area is 136 Å². The van der Waals surface area contributed by atoms with Gasteiger partial charge in [0.25, 0.3) is 0 Å². The van der Waals surface area contributed by atoms with E-state index in [2.05, 4.69) is 11.9 Å². The molecule has 118 valence electrons. The molecule has 2 amide bonds. The molecule has 0 aliphatic rings. The fourth-order valence-corrected chi connectivity index (χ4v) is 2.45. The number of benzene rings is 2. The Balaban J connectivity index is 2.32. The molecular weight excluding hydrogens is 288 g/mol. The van der Waals surface area contributed by atoms with Crippen LogP contribution in [0.2, 0.25) is 0 Å². The molecular formula is C19H20N2O2. The molecule has 2 rings (SSSR count). The summed E-state index contributed by atoms with van der Waals surface area (Å²) in [6.07, 6.45) is 1.87. The fourth-order valence-electron chi connectivity index (χ4n) is 2.45. The maximum Gasteiger partial charge on any atom is 0.240 e. The number of carbonyl (C=O) groups is 2. The van der Waals surface area contributed by atoms with Crippen LogP contribution in [0.15, 0.2) is 73.3 Å². The number of nitrogens with two attached hydrogens (primary N) is 1. The Morgan fingerprint density at radius 1 is 1.00 bits per heavy atom. The molecule has 0 aliphatic carbocycles. The standard InChI is InChI=1S/C19H20N2O2/c1-2-9-16(18(20)22)21-19(23)17(14-10-5-3-6-11-14)15-12-7-4-8-13-15/h2-8,10-13,16-17H,1,9H2,(H2,20,22)(H,21,23)/t16-/m0/s1. The quantitative estimate of drug-likeness (QED) is 0.771. The van der Waals surface area contributed by atoms with Gasteiger partial charge >= 0.3 is 0 Å². The number of primary amides is 1. The van der Waals surface area contributed by atoms with Gasteiger partial charge in [-0.1, -0.05) is 66.7 Å². The van der Waals surface area contributed by atoms with Crippen molar-refractivity contribution >= 4 is 11.8 Å². The summed E-state index contributed by atoms with van der Waals surface area (Å²) >= 11 is 0. The van der Waals surface area contributed by atoms with Crippen LogP contribution in [0, 0.1) is 0 Å². The van der Waals surface area contributed by atoms with E-state index in [1.165, 1.54) is 0 Å². The number of amides is 2. The molecule has 0 spiro atoms. The molecule has 0 saturated heterocycles. The van der Waals surface area contributed by atoms with Gasteiger partial charge in [-0.3, -0.25) is 9.59 Å². The van der Waals surface area contributed by atoms with E-state index in [0.29, 0.717) is 6.42 Å². The normalized spacial score (nSPS) is 11.7. The number of hydrogen-bond acceptors (Lipinski definition) is 2. The van der Waals surface area contributed by atoms with Crippen LogP contribution in [0.1, 0.15) is 23.5 Å². The molecule has 0 unspecified atom stereocenters. The Hall–Kier alpha value is -2.88. The second-order valence-electron chi connectivity index (χ2n) is 5.24. The van der Waals surface area contributed by atoms with Crippen molar-refractivity contribution in [3.63, 3.8) is 0 Å².